The van der Waals surface area contributed by atoms with Crippen LogP contribution in [-0.2, 0) is 0 Å². The van der Waals surface area contributed by atoms with Gasteiger partial charge in [0.2, 0.25) is 0 Å². The lowest BCUT2D eigenvalue weighted by Gasteiger charge is -2.49. The topological polar surface area (TPSA) is 58.0 Å². The molecule has 0 spiro atoms. The van der Waals surface area contributed by atoms with Gasteiger partial charge in [0.15, 0.2) is 0 Å². The van der Waals surface area contributed by atoms with Gasteiger partial charge in [-0.3, -0.25) is 0 Å². The highest BCUT2D eigenvalue weighted by molar-refractivity contribution is 5.36. The van der Waals surface area contributed by atoms with E-state index >= 15 is 0 Å². The number of hydrogen-bond acceptors (Lipinski definition) is 4. The SMILES string of the molecule is Cc1ccc(NC2CC(O)C2(C)C)nn1. The summed E-state index contributed by atoms with van der Waals surface area (Å²) in [6, 6.07) is 4.13. The minimum Gasteiger partial charge on any atom is -0.392 e. The van der Waals surface area contributed by atoms with Gasteiger partial charge in [-0.05, 0) is 25.5 Å². The van der Waals surface area contributed by atoms with Crippen LogP contribution in [0.2, 0.25) is 0 Å². The molecule has 0 aromatic carbocycles. The normalized spacial score (nSPS) is 28.3. The van der Waals surface area contributed by atoms with Crippen molar-refractivity contribution in [2.75, 3.05) is 5.32 Å². The van der Waals surface area contributed by atoms with E-state index in [0.717, 1.165) is 17.9 Å². The smallest absolute Gasteiger partial charge is 0.148 e. The van der Waals surface area contributed by atoms with Crippen molar-refractivity contribution < 1.29 is 5.11 Å². The molecule has 0 bridgehead atoms. The Morgan fingerprint density at radius 3 is 2.60 bits per heavy atom. The Morgan fingerprint density at radius 2 is 2.13 bits per heavy atom. The number of hydrogen-bond donors (Lipinski definition) is 2. The standard InChI is InChI=1S/C11H17N3O/c1-7-4-5-10(14-13-7)12-8-6-9(15)11(8,2)3/h4-5,8-9,15H,6H2,1-3H3,(H,12,14). The monoisotopic (exact) mass is 207 g/mol. The van der Waals surface area contributed by atoms with E-state index in [1.165, 1.54) is 0 Å². The molecule has 0 aliphatic heterocycles. The van der Waals surface area contributed by atoms with Crippen LogP contribution >= 0.6 is 0 Å². The number of aliphatic hydroxyl groups is 1. The number of aromatic nitrogens is 2. The van der Waals surface area contributed by atoms with E-state index in [1.54, 1.807) is 0 Å². The van der Waals surface area contributed by atoms with Gasteiger partial charge in [-0.2, -0.15) is 5.10 Å². The molecule has 1 aromatic rings. The molecule has 4 heteroatoms. The second-order valence-electron chi connectivity index (χ2n) is 4.83. The van der Waals surface area contributed by atoms with Gasteiger partial charge in [0.1, 0.15) is 5.82 Å². The summed E-state index contributed by atoms with van der Waals surface area (Å²) < 4.78 is 0. The third-order valence-electron chi connectivity index (χ3n) is 3.34. The molecular weight excluding hydrogens is 190 g/mol. The van der Waals surface area contributed by atoms with Crippen LogP contribution in [0.4, 0.5) is 5.82 Å². The van der Waals surface area contributed by atoms with Crippen molar-refractivity contribution in [3.63, 3.8) is 0 Å². The molecule has 2 atom stereocenters. The highest BCUT2D eigenvalue weighted by atomic mass is 16.3. The lowest BCUT2D eigenvalue weighted by molar-refractivity contribution is -0.0511. The first-order valence-electron chi connectivity index (χ1n) is 5.25. The van der Waals surface area contributed by atoms with Crippen molar-refractivity contribution in [3.8, 4) is 0 Å². The fourth-order valence-corrected chi connectivity index (χ4v) is 1.80. The average Bonchev–Trinajstić information content (AvgIpc) is 2.21. The molecule has 1 aromatic heterocycles. The van der Waals surface area contributed by atoms with Crippen LogP contribution in [0.1, 0.15) is 26.0 Å². The van der Waals surface area contributed by atoms with Gasteiger partial charge in [-0.25, -0.2) is 0 Å². The fourth-order valence-electron chi connectivity index (χ4n) is 1.80. The van der Waals surface area contributed by atoms with Crippen molar-refractivity contribution in [1.29, 1.82) is 0 Å². The van der Waals surface area contributed by atoms with Gasteiger partial charge >= 0.3 is 0 Å². The van der Waals surface area contributed by atoms with Gasteiger partial charge in [0, 0.05) is 11.5 Å². The summed E-state index contributed by atoms with van der Waals surface area (Å²) in [6.07, 6.45) is 0.566. The molecule has 2 N–H and O–H groups in total. The van der Waals surface area contributed by atoms with Crippen LogP contribution < -0.4 is 5.32 Å². The highest BCUT2D eigenvalue weighted by Crippen LogP contribution is 2.41. The summed E-state index contributed by atoms with van der Waals surface area (Å²) in [5, 5.41) is 20.9. The summed E-state index contributed by atoms with van der Waals surface area (Å²) in [5.41, 5.74) is 0.834. The largest absolute Gasteiger partial charge is 0.392 e. The zero-order chi connectivity index (χ0) is 11.1. The van der Waals surface area contributed by atoms with Crippen LogP contribution in [0, 0.1) is 12.3 Å². The Labute approximate surface area is 89.7 Å². The first-order valence-corrected chi connectivity index (χ1v) is 5.25. The number of rotatable bonds is 2. The Hall–Kier alpha value is -1.16. The zero-order valence-corrected chi connectivity index (χ0v) is 9.36. The maximum Gasteiger partial charge on any atom is 0.148 e. The molecule has 0 saturated heterocycles. The van der Waals surface area contributed by atoms with E-state index in [-0.39, 0.29) is 17.6 Å². The molecule has 4 nitrogen and oxygen atoms in total. The molecule has 0 radical (unpaired) electrons. The Kier molecular flexibility index (Phi) is 2.38. The van der Waals surface area contributed by atoms with Crippen LogP contribution in [0.3, 0.4) is 0 Å². The van der Waals surface area contributed by atoms with Crippen molar-refractivity contribution >= 4 is 5.82 Å². The van der Waals surface area contributed by atoms with Crippen LogP contribution in [0.25, 0.3) is 0 Å². The minimum absolute atomic E-state index is 0.0768. The third kappa shape index (κ3) is 1.81. The fraction of sp³-hybridized carbons (Fsp3) is 0.636. The number of aliphatic hydroxyl groups excluding tert-OH is 1. The third-order valence-corrected chi connectivity index (χ3v) is 3.34. The van der Waals surface area contributed by atoms with E-state index in [1.807, 2.05) is 19.1 Å². The molecular formula is C11H17N3O. The van der Waals surface area contributed by atoms with Crippen molar-refractivity contribution in [2.45, 2.75) is 39.3 Å². The summed E-state index contributed by atoms with van der Waals surface area (Å²) in [7, 11) is 0. The van der Waals surface area contributed by atoms with Crippen LogP contribution in [-0.4, -0.2) is 27.4 Å². The van der Waals surface area contributed by atoms with Crippen molar-refractivity contribution in [3.05, 3.63) is 17.8 Å². The first-order chi connectivity index (χ1) is 7.00. The molecule has 1 aliphatic carbocycles. The number of anilines is 1. The summed E-state index contributed by atoms with van der Waals surface area (Å²) in [6.45, 7) is 6.02. The summed E-state index contributed by atoms with van der Waals surface area (Å²) in [4.78, 5) is 0. The van der Waals surface area contributed by atoms with Gasteiger partial charge < -0.3 is 10.4 Å². The number of nitrogens with zero attached hydrogens (tertiary/aromatic N) is 2. The molecule has 2 rings (SSSR count). The molecule has 0 amide bonds. The van der Waals surface area contributed by atoms with E-state index in [2.05, 4.69) is 29.4 Å². The summed E-state index contributed by atoms with van der Waals surface area (Å²) >= 11 is 0. The molecule has 1 fully saturated rings. The predicted octanol–water partition coefficient (Wildman–Crippen LogP) is 1.36. The van der Waals surface area contributed by atoms with Gasteiger partial charge in [0.05, 0.1) is 11.8 Å². The lowest BCUT2D eigenvalue weighted by atomic mass is 9.64. The minimum atomic E-state index is -0.214. The highest BCUT2D eigenvalue weighted by Gasteiger charge is 2.47. The van der Waals surface area contributed by atoms with Crippen LogP contribution in [0.15, 0.2) is 12.1 Å². The zero-order valence-electron chi connectivity index (χ0n) is 9.36. The average molecular weight is 207 g/mol. The molecule has 15 heavy (non-hydrogen) atoms. The number of nitrogens with one attached hydrogen (secondary N) is 1. The predicted molar refractivity (Wildman–Crippen MR) is 58.6 cm³/mol. The van der Waals surface area contributed by atoms with Crippen molar-refractivity contribution in [2.24, 2.45) is 5.41 Å². The molecule has 1 heterocycles. The second-order valence-corrected chi connectivity index (χ2v) is 4.83. The van der Waals surface area contributed by atoms with E-state index in [4.69, 9.17) is 0 Å². The Morgan fingerprint density at radius 1 is 1.40 bits per heavy atom. The van der Waals surface area contributed by atoms with E-state index in [0.29, 0.717) is 0 Å². The first kappa shape index (κ1) is 10.4. The Balaban J connectivity index is 2.02. The molecule has 2 unspecified atom stereocenters. The van der Waals surface area contributed by atoms with Gasteiger partial charge in [-0.15, -0.1) is 5.10 Å². The second kappa shape index (κ2) is 3.45. The van der Waals surface area contributed by atoms with Gasteiger partial charge in [0.25, 0.3) is 0 Å². The quantitative estimate of drug-likeness (QED) is 0.768. The lowest BCUT2D eigenvalue weighted by Crippen LogP contribution is -2.57. The number of aryl methyl sites for hydroxylation is 1. The maximum atomic E-state index is 9.59. The maximum absolute atomic E-state index is 9.59. The van der Waals surface area contributed by atoms with E-state index < -0.39 is 0 Å². The van der Waals surface area contributed by atoms with Gasteiger partial charge in [-0.1, -0.05) is 13.8 Å². The molecule has 1 aliphatic rings. The molecule has 82 valence electrons. The van der Waals surface area contributed by atoms with Crippen LogP contribution in [0.5, 0.6) is 0 Å². The summed E-state index contributed by atoms with van der Waals surface area (Å²) in [5.74, 6) is 0.783. The van der Waals surface area contributed by atoms with E-state index in [9.17, 15) is 5.11 Å². The molecule has 1 saturated carbocycles. The van der Waals surface area contributed by atoms with Crippen molar-refractivity contribution in [1.82, 2.24) is 10.2 Å². The Bertz CT molecular complexity index is 347.